The highest BCUT2D eigenvalue weighted by Gasteiger charge is 2.07. The highest BCUT2D eigenvalue weighted by atomic mass is 79.9. The van der Waals surface area contributed by atoms with Gasteiger partial charge in [0, 0.05) is 39.6 Å². The van der Waals surface area contributed by atoms with E-state index in [0.717, 1.165) is 21.1 Å². The van der Waals surface area contributed by atoms with Crippen LogP contribution in [0.15, 0.2) is 59.2 Å². The Morgan fingerprint density at radius 1 is 1.14 bits per heavy atom. The summed E-state index contributed by atoms with van der Waals surface area (Å²) in [6, 6.07) is 14.1. The molecule has 6 heteroatoms. The summed E-state index contributed by atoms with van der Waals surface area (Å²) in [7, 11) is 0. The number of nitrogens with one attached hydrogen (secondary N) is 1. The van der Waals surface area contributed by atoms with E-state index in [2.05, 4.69) is 26.2 Å². The lowest BCUT2D eigenvalue weighted by Gasteiger charge is -2.09. The molecular formula is C15H10BrN3O2. The molecule has 0 saturated carbocycles. The van der Waals surface area contributed by atoms with Gasteiger partial charge >= 0.3 is 0 Å². The monoisotopic (exact) mass is 343 g/mol. The van der Waals surface area contributed by atoms with Gasteiger partial charge in [0.05, 0.1) is 10.4 Å². The number of aromatic nitrogens is 1. The fraction of sp³-hybridized carbons (Fsp3) is 0. The minimum Gasteiger partial charge on any atom is -0.355 e. The second kappa shape index (κ2) is 5.49. The minimum absolute atomic E-state index is 0.0566. The number of nitro groups is 1. The van der Waals surface area contributed by atoms with E-state index in [1.165, 1.54) is 12.1 Å². The molecule has 0 atom stereocenters. The van der Waals surface area contributed by atoms with Crippen molar-refractivity contribution in [1.82, 2.24) is 4.98 Å². The Morgan fingerprint density at radius 2 is 2.00 bits per heavy atom. The Labute approximate surface area is 128 Å². The molecule has 0 aliphatic rings. The fourth-order valence-electron chi connectivity index (χ4n) is 2.08. The third kappa shape index (κ3) is 2.85. The van der Waals surface area contributed by atoms with Crippen molar-refractivity contribution in [3.63, 3.8) is 0 Å². The second-order valence-corrected chi connectivity index (χ2v) is 5.37. The fourth-order valence-corrected chi connectivity index (χ4v) is 2.43. The van der Waals surface area contributed by atoms with Crippen molar-refractivity contribution in [1.29, 1.82) is 0 Å². The highest BCUT2D eigenvalue weighted by Crippen LogP contribution is 2.28. The predicted molar refractivity (Wildman–Crippen MR) is 85.8 cm³/mol. The summed E-state index contributed by atoms with van der Waals surface area (Å²) in [5.74, 6) is 0. The van der Waals surface area contributed by atoms with Gasteiger partial charge in [-0.2, -0.15) is 0 Å². The van der Waals surface area contributed by atoms with Crippen molar-refractivity contribution in [2.24, 2.45) is 0 Å². The Hall–Kier alpha value is -2.47. The number of halogens is 1. The molecule has 0 spiro atoms. The molecule has 3 aromatic rings. The zero-order valence-corrected chi connectivity index (χ0v) is 12.4. The van der Waals surface area contributed by atoms with Crippen molar-refractivity contribution in [2.75, 3.05) is 5.32 Å². The summed E-state index contributed by atoms with van der Waals surface area (Å²) < 4.78 is 0.954. The number of nitrogens with zero attached hydrogens (tertiary/aromatic N) is 2. The van der Waals surface area contributed by atoms with Gasteiger partial charge in [0.2, 0.25) is 0 Å². The molecule has 1 aromatic heterocycles. The topological polar surface area (TPSA) is 68.1 Å². The van der Waals surface area contributed by atoms with Crippen molar-refractivity contribution in [3.8, 4) is 0 Å². The van der Waals surface area contributed by atoms with Crippen LogP contribution in [0.4, 0.5) is 17.1 Å². The smallest absolute Gasteiger partial charge is 0.271 e. The first-order chi connectivity index (χ1) is 10.1. The van der Waals surface area contributed by atoms with Gasteiger partial charge in [-0.25, -0.2) is 0 Å². The molecule has 104 valence electrons. The molecule has 0 aliphatic carbocycles. The molecule has 0 fully saturated rings. The first-order valence-corrected chi connectivity index (χ1v) is 6.98. The normalized spacial score (nSPS) is 10.5. The Kier molecular flexibility index (Phi) is 3.53. The molecule has 0 amide bonds. The van der Waals surface area contributed by atoms with Crippen LogP contribution in [0.1, 0.15) is 0 Å². The molecular weight excluding hydrogens is 334 g/mol. The van der Waals surface area contributed by atoms with Crippen molar-refractivity contribution >= 4 is 43.9 Å². The van der Waals surface area contributed by atoms with E-state index >= 15 is 0 Å². The molecule has 2 aromatic carbocycles. The molecule has 3 rings (SSSR count). The maximum absolute atomic E-state index is 10.8. The van der Waals surface area contributed by atoms with Crippen molar-refractivity contribution in [2.45, 2.75) is 0 Å². The van der Waals surface area contributed by atoms with Gasteiger partial charge < -0.3 is 5.32 Å². The summed E-state index contributed by atoms with van der Waals surface area (Å²) in [5.41, 5.74) is 2.42. The summed E-state index contributed by atoms with van der Waals surface area (Å²) >= 11 is 3.41. The first-order valence-electron chi connectivity index (χ1n) is 6.19. The minimum atomic E-state index is -0.410. The third-order valence-electron chi connectivity index (χ3n) is 3.04. The Bertz CT molecular complexity index is 836. The van der Waals surface area contributed by atoms with E-state index in [4.69, 9.17) is 0 Å². The van der Waals surface area contributed by atoms with Crippen LogP contribution in [0.3, 0.4) is 0 Å². The maximum Gasteiger partial charge on any atom is 0.271 e. The lowest BCUT2D eigenvalue weighted by Crippen LogP contribution is -1.94. The average Bonchev–Trinajstić information content (AvgIpc) is 2.47. The molecule has 1 heterocycles. The van der Waals surface area contributed by atoms with Gasteiger partial charge in [-0.15, -0.1) is 0 Å². The van der Waals surface area contributed by atoms with Gasteiger partial charge in [0.15, 0.2) is 0 Å². The van der Waals surface area contributed by atoms with Gasteiger partial charge in [-0.3, -0.25) is 15.1 Å². The van der Waals surface area contributed by atoms with Crippen molar-refractivity contribution in [3.05, 3.63) is 69.3 Å². The first kappa shape index (κ1) is 13.5. The van der Waals surface area contributed by atoms with Crippen LogP contribution in [0.25, 0.3) is 10.9 Å². The molecule has 0 saturated heterocycles. The third-order valence-corrected chi connectivity index (χ3v) is 3.53. The van der Waals surface area contributed by atoms with Crippen LogP contribution < -0.4 is 5.32 Å². The molecule has 0 aliphatic heterocycles. The van der Waals surface area contributed by atoms with E-state index in [1.54, 1.807) is 18.3 Å². The lowest BCUT2D eigenvalue weighted by atomic mass is 10.2. The average molecular weight is 344 g/mol. The number of hydrogen-bond donors (Lipinski definition) is 1. The predicted octanol–water partition coefficient (Wildman–Crippen LogP) is 4.65. The summed E-state index contributed by atoms with van der Waals surface area (Å²) in [6.07, 6.45) is 1.70. The zero-order valence-electron chi connectivity index (χ0n) is 10.8. The number of nitro benzene ring substituents is 1. The summed E-state index contributed by atoms with van der Waals surface area (Å²) in [5, 5.41) is 15.0. The van der Waals surface area contributed by atoms with E-state index in [0.29, 0.717) is 5.69 Å². The number of fused-ring (bicyclic) bond motifs is 1. The number of non-ortho nitro benzene ring substituents is 1. The van der Waals surface area contributed by atoms with Gasteiger partial charge in [-0.05, 0) is 30.3 Å². The van der Waals surface area contributed by atoms with E-state index in [-0.39, 0.29) is 5.69 Å². The Morgan fingerprint density at radius 3 is 2.81 bits per heavy atom. The molecule has 0 radical (unpaired) electrons. The molecule has 0 bridgehead atoms. The van der Waals surface area contributed by atoms with Crippen LogP contribution in [-0.2, 0) is 0 Å². The molecule has 0 unspecified atom stereocenters. The number of rotatable bonds is 3. The van der Waals surface area contributed by atoms with Gasteiger partial charge in [0.25, 0.3) is 5.69 Å². The van der Waals surface area contributed by atoms with Gasteiger partial charge in [-0.1, -0.05) is 22.0 Å². The van der Waals surface area contributed by atoms with Crippen LogP contribution >= 0.6 is 15.9 Å². The molecule has 21 heavy (non-hydrogen) atoms. The highest BCUT2D eigenvalue weighted by molar-refractivity contribution is 9.10. The number of anilines is 2. The zero-order chi connectivity index (χ0) is 14.8. The standard InChI is InChI=1S/C15H10BrN3O2/c16-10-4-5-13-14(6-7-17-15(13)8-10)18-11-2-1-3-12(9-11)19(20)21/h1-9H,(H,17,18). The summed E-state index contributed by atoms with van der Waals surface area (Å²) in [6.45, 7) is 0. The number of benzene rings is 2. The van der Waals surface area contributed by atoms with E-state index in [1.807, 2.05) is 24.3 Å². The van der Waals surface area contributed by atoms with Crippen LogP contribution in [-0.4, -0.2) is 9.91 Å². The largest absolute Gasteiger partial charge is 0.355 e. The SMILES string of the molecule is O=[N+]([O-])c1cccc(Nc2ccnc3cc(Br)ccc23)c1. The second-order valence-electron chi connectivity index (χ2n) is 4.45. The molecule has 1 N–H and O–H groups in total. The van der Waals surface area contributed by atoms with Crippen molar-refractivity contribution < 1.29 is 4.92 Å². The summed E-state index contributed by atoms with van der Waals surface area (Å²) in [4.78, 5) is 14.7. The quantitative estimate of drug-likeness (QED) is 0.555. The van der Waals surface area contributed by atoms with Crippen LogP contribution in [0, 0.1) is 10.1 Å². The number of hydrogen-bond acceptors (Lipinski definition) is 4. The number of pyridine rings is 1. The van der Waals surface area contributed by atoms with E-state index < -0.39 is 4.92 Å². The van der Waals surface area contributed by atoms with Crippen LogP contribution in [0.2, 0.25) is 0 Å². The Balaban J connectivity index is 2.02. The molecule has 5 nitrogen and oxygen atoms in total. The lowest BCUT2D eigenvalue weighted by molar-refractivity contribution is -0.384. The van der Waals surface area contributed by atoms with E-state index in [9.17, 15) is 10.1 Å². The maximum atomic E-state index is 10.8. The van der Waals surface area contributed by atoms with Gasteiger partial charge in [0.1, 0.15) is 0 Å². The van der Waals surface area contributed by atoms with Crippen LogP contribution in [0.5, 0.6) is 0 Å².